The number of ether oxygens (including phenoxy) is 2. The van der Waals surface area contributed by atoms with Crippen LogP contribution in [0.25, 0.3) is 22.0 Å². The Hall–Kier alpha value is -3.35. The van der Waals surface area contributed by atoms with Gasteiger partial charge in [-0.25, -0.2) is 9.89 Å². The average molecular weight is 381 g/mol. The number of hydrogen-bond donors (Lipinski definition) is 2. The number of amides is 1. The zero-order valence-electron chi connectivity index (χ0n) is 16.3. The zero-order chi connectivity index (χ0) is 20.3. The summed E-state index contributed by atoms with van der Waals surface area (Å²) in [6.45, 7) is 5.83. The smallest absolute Gasteiger partial charge is 0.407 e. The summed E-state index contributed by atoms with van der Waals surface area (Å²) in [5.41, 5.74) is 1.74. The number of benzene rings is 2. The van der Waals surface area contributed by atoms with Crippen molar-refractivity contribution >= 4 is 16.9 Å². The molecule has 0 fully saturated rings. The summed E-state index contributed by atoms with van der Waals surface area (Å²) < 4.78 is 10.4. The second-order valence-corrected chi connectivity index (χ2v) is 7.46. The van der Waals surface area contributed by atoms with Crippen molar-refractivity contribution < 1.29 is 14.3 Å². The molecule has 0 saturated heterocycles. The second kappa shape index (κ2) is 7.72. The maximum Gasteiger partial charge on any atom is 0.407 e. The minimum Gasteiger partial charge on any atom is -0.497 e. The highest BCUT2D eigenvalue weighted by molar-refractivity contribution is 5.94. The Morgan fingerprint density at radius 2 is 1.82 bits per heavy atom. The third-order valence-corrected chi connectivity index (χ3v) is 4.07. The lowest BCUT2D eigenvalue weighted by Gasteiger charge is -2.19. The Morgan fingerprint density at radius 1 is 1.11 bits per heavy atom. The first kappa shape index (κ1) is 19.4. The molecule has 0 spiro atoms. The molecule has 7 nitrogen and oxygen atoms in total. The van der Waals surface area contributed by atoms with Crippen LogP contribution in [0, 0.1) is 0 Å². The summed E-state index contributed by atoms with van der Waals surface area (Å²) >= 11 is 0. The molecule has 0 aliphatic rings. The standard InChI is InChI=1S/C21H23N3O4/c1-21(2,3)22-20(26)28-12-13-5-7-14(8-6-13)18-16-10-9-15(27-4)11-17(16)19(25)24-23-18/h5-11H,12H2,1-4H3,(H,22,26)(H,24,25). The van der Waals surface area contributed by atoms with Gasteiger partial charge in [0.25, 0.3) is 5.56 Å². The molecule has 7 heteroatoms. The lowest BCUT2D eigenvalue weighted by Crippen LogP contribution is -2.40. The summed E-state index contributed by atoms with van der Waals surface area (Å²) in [7, 11) is 1.56. The summed E-state index contributed by atoms with van der Waals surface area (Å²) in [4.78, 5) is 23.9. The average Bonchev–Trinajstić information content (AvgIpc) is 2.66. The van der Waals surface area contributed by atoms with E-state index in [4.69, 9.17) is 9.47 Å². The van der Waals surface area contributed by atoms with E-state index in [1.807, 2.05) is 51.1 Å². The minimum absolute atomic E-state index is 0.166. The van der Waals surface area contributed by atoms with E-state index in [1.165, 1.54) is 0 Å². The largest absolute Gasteiger partial charge is 0.497 e. The van der Waals surface area contributed by atoms with Crippen LogP contribution in [0.15, 0.2) is 47.3 Å². The fraction of sp³-hybridized carbons (Fsp3) is 0.286. The van der Waals surface area contributed by atoms with Crippen molar-refractivity contribution in [1.29, 1.82) is 0 Å². The molecule has 0 atom stereocenters. The number of rotatable bonds is 4. The molecular weight excluding hydrogens is 358 g/mol. The molecule has 3 aromatic rings. The van der Waals surface area contributed by atoms with Crippen LogP contribution in [0.4, 0.5) is 4.79 Å². The molecule has 0 aliphatic heterocycles. The first-order chi connectivity index (χ1) is 13.3. The number of methoxy groups -OCH3 is 1. The molecule has 1 amide bonds. The van der Waals surface area contributed by atoms with Crippen LogP contribution in [0.1, 0.15) is 26.3 Å². The molecule has 0 unspecified atom stereocenters. The molecule has 0 saturated carbocycles. The Kier molecular flexibility index (Phi) is 5.35. The predicted octanol–water partition coefficient (Wildman–Crippen LogP) is 3.62. The van der Waals surface area contributed by atoms with Crippen LogP contribution in [-0.2, 0) is 11.3 Å². The minimum atomic E-state index is -0.459. The van der Waals surface area contributed by atoms with E-state index >= 15 is 0 Å². The number of aromatic amines is 1. The van der Waals surface area contributed by atoms with Crippen LogP contribution in [0.2, 0.25) is 0 Å². The van der Waals surface area contributed by atoms with Gasteiger partial charge in [0.05, 0.1) is 18.2 Å². The van der Waals surface area contributed by atoms with Crippen molar-refractivity contribution in [2.24, 2.45) is 0 Å². The van der Waals surface area contributed by atoms with E-state index in [1.54, 1.807) is 19.2 Å². The molecule has 28 heavy (non-hydrogen) atoms. The van der Waals surface area contributed by atoms with Crippen LogP contribution >= 0.6 is 0 Å². The van der Waals surface area contributed by atoms with Gasteiger partial charge >= 0.3 is 6.09 Å². The molecule has 3 rings (SSSR count). The first-order valence-corrected chi connectivity index (χ1v) is 8.87. The summed E-state index contributed by atoms with van der Waals surface area (Å²) in [5.74, 6) is 0.608. The predicted molar refractivity (Wildman–Crippen MR) is 107 cm³/mol. The summed E-state index contributed by atoms with van der Waals surface area (Å²) in [6, 6.07) is 12.8. The highest BCUT2D eigenvalue weighted by Gasteiger charge is 2.15. The molecule has 2 aromatic carbocycles. The van der Waals surface area contributed by atoms with E-state index in [2.05, 4.69) is 15.5 Å². The van der Waals surface area contributed by atoms with Gasteiger partial charge in [-0.3, -0.25) is 4.79 Å². The second-order valence-electron chi connectivity index (χ2n) is 7.46. The molecule has 1 heterocycles. The molecule has 1 aromatic heterocycles. The maximum absolute atomic E-state index is 12.1. The highest BCUT2D eigenvalue weighted by atomic mass is 16.5. The van der Waals surface area contributed by atoms with Gasteiger partial charge in [-0.1, -0.05) is 24.3 Å². The number of nitrogens with zero attached hydrogens (tertiary/aromatic N) is 1. The number of aromatic nitrogens is 2. The molecule has 0 aliphatic carbocycles. The fourth-order valence-electron chi connectivity index (χ4n) is 2.74. The Balaban J connectivity index is 1.81. The third-order valence-electron chi connectivity index (χ3n) is 4.07. The lowest BCUT2D eigenvalue weighted by molar-refractivity contribution is 0.131. The Morgan fingerprint density at radius 3 is 2.46 bits per heavy atom. The number of carbonyl (C=O) groups is 1. The molecule has 0 bridgehead atoms. The zero-order valence-corrected chi connectivity index (χ0v) is 16.3. The van der Waals surface area contributed by atoms with Crippen LogP contribution in [0.3, 0.4) is 0 Å². The van der Waals surface area contributed by atoms with Gasteiger partial charge in [-0.05, 0) is 44.5 Å². The third kappa shape index (κ3) is 4.49. The fourth-order valence-corrected chi connectivity index (χ4v) is 2.74. The van der Waals surface area contributed by atoms with E-state index in [0.717, 1.165) is 16.5 Å². The molecule has 0 radical (unpaired) electrons. The van der Waals surface area contributed by atoms with E-state index < -0.39 is 6.09 Å². The van der Waals surface area contributed by atoms with E-state index in [-0.39, 0.29) is 17.7 Å². The topological polar surface area (TPSA) is 93.3 Å². The first-order valence-electron chi connectivity index (χ1n) is 8.87. The van der Waals surface area contributed by atoms with E-state index in [0.29, 0.717) is 16.8 Å². The van der Waals surface area contributed by atoms with Gasteiger partial charge in [0.2, 0.25) is 0 Å². The SMILES string of the molecule is COc1ccc2c(-c3ccc(COC(=O)NC(C)(C)C)cc3)n[nH]c(=O)c2c1. The Bertz CT molecular complexity index is 1050. The van der Waals surface area contributed by atoms with Gasteiger partial charge in [0, 0.05) is 16.5 Å². The number of hydrogen-bond acceptors (Lipinski definition) is 5. The van der Waals surface area contributed by atoms with Crippen molar-refractivity contribution in [2.45, 2.75) is 32.9 Å². The molecule has 146 valence electrons. The normalized spacial score (nSPS) is 11.3. The van der Waals surface area contributed by atoms with Crippen molar-refractivity contribution in [3.8, 4) is 17.0 Å². The number of nitrogens with one attached hydrogen (secondary N) is 2. The number of H-pyrrole nitrogens is 1. The Labute approximate surface area is 162 Å². The van der Waals surface area contributed by atoms with Crippen LogP contribution in [0.5, 0.6) is 5.75 Å². The summed E-state index contributed by atoms with van der Waals surface area (Å²) in [5, 5.41) is 10.7. The number of fused-ring (bicyclic) bond motifs is 1. The van der Waals surface area contributed by atoms with Crippen LogP contribution < -0.4 is 15.6 Å². The van der Waals surface area contributed by atoms with Crippen LogP contribution in [-0.4, -0.2) is 28.9 Å². The highest BCUT2D eigenvalue weighted by Crippen LogP contribution is 2.27. The van der Waals surface area contributed by atoms with Gasteiger partial charge in [-0.15, -0.1) is 0 Å². The van der Waals surface area contributed by atoms with Crippen molar-refractivity contribution in [2.75, 3.05) is 7.11 Å². The van der Waals surface area contributed by atoms with Gasteiger partial charge < -0.3 is 14.8 Å². The number of carbonyl (C=O) groups excluding carboxylic acids is 1. The van der Waals surface area contributed by atoms with Crippen molar-refractivity contribution in [3.05, 3.63) is 58.4 Å². The van der Waals surface area contributed by atoms with Gasteiger partial charge in [0.15, 0.2) is 0 Å². The quantitative estimate of drug-likeness (QED) is 0.720. The molecular formula is C21H23N3O4. The van der Waals surface area contributed by atoms with E-state index in [9.17, 15) is 9.59 Å². The maximum atomic E-state index is 12.1. The van der Waals surface area contributed by atoms with Crippen molar-refractivity contribution in [1.82, 2.24) is 15.5 Å². The van der Waals surface area contributed by atoms with Gasteiger partial charge in [0.1, 0.15) is 12.4 Å². The van der Waals surface area contributed by atoms with Gasteiger partial charge in [-0.2, -0.15) is 5.10 Å². The van der Waals surface area contributed by atoms with Crippen molar-refractivity contribution in [3.63, 3.8) is 0 Å². The monoisotopic (exact) mass is 381 g/mol. The summed E-state index contributed by atoms with van der Waals surface area (Å²) in [6.07, 6.45) is -0.459. The lowest BCUT2D eigenvalue weighted by atomic mass is 10.0. The number of alkyl carbamates (subject to hydrolysis) is 1. The molecule has 2 N–H and O–H groups in total.